The van der Waals surface area contributed by atoms with Crippen molar-refractivity contribution < 1.29 is 13.2 Å². The van der Waals surface area contributed by atoms with Crippen molar-refractivity contribution in [3.63, 3.8) is 0 Å². The van der Waals surface area contributed by atoms with Gasteiger partial charge in [0.2, 0.25) is 0 Å². The summed E-state index contributed by atoms with van der Waals surface area (Å²) < 4.78 is 24.2. The van der Waals surface area contributed by atoms with Crippen molar-refractivity contribution in [3.05, 3.63) is 0 Å². The van der Waals surface area contributed by atoms with Gasteiger partial charge in [-0.15, -0.1) is 0 Å². The van der Waals surface area contributed by atoms with Gasteiger partial charge in [-0.05, 0) is 0 Å². The van der Waals surface area contributed by atoms with E-state index in [9.17, 15) is 13.2 Å². The molecule has 1 heterocycles. The molecule has 7 heteroatoms. The normalized spacial score (nSPS) is 23.7. The average Bonchev–Trinajstić information content (AvgIpc) is 2.07. The third kappa shape index (κ3) is 1.11. The van der Waals surface area contributed by atoms with Gasteiger partial charge in [-0.2, -0.15) is 25.8 Å². The molecule has 1 N–H and O–H groups in total. The van der Waals surface area contributed by atoms with Crippen molar-refractivity contribution in [2.75, 3.05) is 12.4 Å². The zero-order valence-electron chi connectivity index (χ0n) is 4.94. The lowest BCUT2D eigenvalue weighted by Gasteiger charge is -2.08. The Balaban J connectivity index is 2.95. The fourth-order valence-electron chi connectivity index (χ4n) is 0.608. The van der Waals surface area contributed by atoms with Gasteiger partial charge in [-0.1, -0.05) is 0 Å². The predicted octanol–water partition coefficient (Wildman–Crippen LogP) is -1.45. The molecule has 0 aromatic heterocycles. The summed E-state index contributed by atoms with van der Waals surface area (Å²) in [7, 11) is -3.53. The fourth-order valence-corrected chi connectivity index (χ4v) is 2.17. The minimum atomic E-state index is -3.53. The molecular formula is C3H6N2O3S2. The summed E-state index contributed by atoms with van der Waals surface area (Å²) in [5.74, 6) is -0.566. The Morgan fingerprint density at radius 1 is 1.70 bits per heavy atom. The molecule has 1 saturated heterocycles. The van der Waals surface area contributed by atoms with E-state index in [-0.39, 0.29) is 12.4 Å². The maximum Gasteiger partial charge on any atom is 0.305 e. The number of nitrogens with zero attached hydrogens (tertiary/aromatic N) is 1. The molecule has 0 aromatic rings. The second-order valence-corrected chi connectivity index (χ2v) is 3.67. The van der Waals surface area contributed by atoms with Gasteiger partial charge in [-0.25, -0.2) is 4.31 Å². The van der Waals surface area contributed by atoms with Gasteiger partial charge in [0, 0.05) is 0 Å². The molecule has 0 saturated carbocycles. The molecular weight excluding hydrogens is 176 g/mol. The van der Waals surface area contributed by atoms with Crippen LogP contribution >= 0.6 is 12.6 Å². The van der Waals surface area contributed by atoms with Crippen molar-refractivity contribution in [1.82, 2.24) is 9.03 Å². The molecule has 58 valence electrons. The number of thiol groups is 1. The lowest BCUT2D eigenvalue weighted by molar-refractivity contribution is -0.123. The second kappa shape index (κ2) is 2.40. The summed E-state index contributed by atoms with van der Waals surface area (Å²) in [6, 6.07) is 0. The fraction of sp³-hybridized carbons (Fsp3) is 0.667. The molecule has 0 aromatic carbocycles. The Morgan fingerprint density at radius 3 is 2.50 bits per heavy atom. The van der Waals surface area contributed by atoms with Crippen molar-refractivity contribution in [2.45, 2.75) is 0 Å². The summed E-state index contributed by atoms with van der Waals surface area (Å²) in [4.78, 5) is 10.7. The maximum atomic E-state index is 10.7. The second-order valence-electron chi connectivity index (χ2n) is 1.71. The van der Waals surface area contributed by atoms with E-state index < -0.39 is 16.1 Å². The highest BCUT2D eigenvalue weighted by Crippen LogP contribution is 2.05. The summed E-state index contributed by atoms with van der Waals surface area (Å²) in [6.07, 6.45) is 0. The van der Waals surface area contributed by atoms with Crippen LogP contribution in [0.3, 0.4) is 0 Å². The summed E-state index contributed by atoms with van der Waals surface area (Å²) in [5, 5.41) is 0. The number of amides is 1. The Bertz CT molecular complexity index is 246. The summed E-state index contributed by atoms with van der Waals surface area (Å²) in [5.41, 5.74) is 0. The Labute approximate surface area is 64.0 Å². The Morgan fingerprint density at radius 2 is 2.30 bits per heavy atom. The molecule has 0 aliphatic carbocycles. The quantitative estimate of drug-likeness (QED) is 0.488. The van der Waals surface area contributed by atoms with Crippen LogP contribution in [0.25, 0.3) is 0 Å². The van der Waals surface area contributed by atoms with E-state index in [1.807, 2.05) is 4.72 Å². The number of carbonyl (C=O) groups is 1. The SMILES string of the molecule is O=C1CNS(=O)(=O)N1CS. The largest absolute Gasteiger partial charge is 0.305 e. The van der Waals surface area contributed by atoms with Crippen LogP contribution in [0.4, 0.5) is 0 Å². The lowest BCUT2D eigenvalue weighted by Crippen LogP contribution is -2.30. The van der Waals surface area contributed by atoms with Crippen LogP contribution in [0.2, 0.25) is 0 Å². The van der Waals surface area contributed by atoms with E-state index in [2.05, 4.69) is 12.6 Å². The van der Waals surface area contributed by atoms with E-state index in [1.165, 1.54) is 0 Å². The maximum absolute atomic E-state index is 10.7. The van der Waals surface area contributed by atoms with Crippen molar-refractivity contribution in [3.8, 4) is 0 Å². The zero-order chi connectivity index (χ0) is 7.78. The van der Waals surface area contributed by atoms with Crippen LogP contribution in [0.5, 0.6) is 0 Å². The number of hydrogen-bond donors (Lipinski definition) is 2. The lowest BCUT2D eigenvalue weighted by atomic mass is 10.6. The standard InChI is InChI=1S/C3H6N2O3S2/c6-3-1-4-10(7,8)5(3)2-9/h4,9H,1-2H2. The summed E-state index contributed by atoms with van der Waals surface area (Å²) >= 11 is 3.67. The van der Waals surface area contributed by atoms with Gasteiger partial charge < -0.3 is 0 Å². The van der Waals surface area contributed by atoms with E-state index in [0.717, 1.165) is 0 Å². The first kappa shape index (κ1) is 7.83. The van der Waals surface area contributed by atoms with Crippen molar-refractivity contribution in [1.29, 1.82) is 0 Å². The van der Waals surface area contributed by atoms with Crippen molar-refractivity contribution >= 4 is 28.7 Å². The molecule has 10 heavy (non-hydrogen) atoms. The first-order valence-corrected chi connectivity index (χ1v) is 4.56. The van der Waals surface area contributed by atoms with Gasteiger partial charge >= 0.3 is 10.2 Å². The van der Waals surface area contributed by atoms with E-state index in [4.69, 9.17) is 0 Å². The number of rotatable bonds is 1. The molecule has 1 aliphatic heterocycles. The molecule has 0 radical (unpaired) electrons. The third-order valence-electron chi connectivity index (χ3n) is 1.10. The van der Waals surface area contributed by atoms with Gasteiger partial charge in [0.15, 0.2) is 0 Å². The molecule has 0 unspecified atom stereocenters. The van der Waals surface area contributed by atoms with Gasteiger partial charge in [0.1, 0.15) is 0 Å². The molecule has 1 amide bonds. The van der Waals surface area contributed by atoms with Crippen molar-refractivity contribution in [2.24, 2.45) is 0 Å². The monoisotopic (exact) mass is 182 g/mol. The van der Waals surface area contributed by atoms with Crippen LogP contribution in [0.15, 0.2) is 0 Å². The number of carbonyl (C=O) groups excluding carboxylic acids is 1. The predicted molar refractivity (Wildman–Crippen MR) is 37.6 cm³/mol. The van der Waals surface area contributed by atoms with Crippen LogP contribution in [0, 0.1) is 0 Å². The first-order valence-electron chi connectivity index (χ1n) is 2.49. The van der Waals surface area contributed by atoms with Crippen LogP contribution in [-0.4, -0.2) is 31.1 Å². The van der Waals surface area contributed by atoms with Crippen LogP contribution in [0.1, 0.15) is 0 Å². The Kier molecular flexibility index (Phi) is 1.88. The smallest absolute Gasteiger partial charge is 0.272 e. The van der Waals surface area contributed by atoms with Gasteiger partial charge in [-0.3, -0.25) is 4.79 Å². The summed E-state index contributed by atoms with van der Waals surface area (Å²) in [6.45, 7) is -0.150. The first-order chi connectivity index (χ1) is 4.58. The van der Waals surface area contributed by atoms with Gasteiger partial charge in [0.25, 0.3) is 5.91 Å². The molecule has 1 rings (SSSR count). The minimum Gasteiger partial charge on any atom is -0.272 e. The molecule has 1 aliphatic rings. The molecule has 0 spiro atoms. The number of hydrogen-bond acceptors (Lipinski definition) is 4. The molecule has 0 bridgehead atoms. The highest BCUT2D eigenvalue weighted by atomic mass is 32.2. The highest BCUT2D eigenvalue weighted by molar-refractivity contribution is 7.89. The van der Waals surface area contributed by atoms with E-state index >= 15 is 0 Å². The Hall–Kier alpha value is -0.270. The third-order valence-corrected chi connectivity index (χ3v) is 3.00. The van der Waals surface area contributed by atoms with Crippen LogP contribution in [-0.2, 0) is 15.0 Å². The topological polar surface area (TPSA) is 66.5 Å². The average molecular weight is 182 g/mol. The van der Waals surface area contributed by atoms with Gasteiger partial charge in [0.05, 0.1) is 12.4 Å². The molecule has 1 fully saturated rings. The van der Waals surface area contributed by atoms with E-state index in [1.54, 1.807) is 0 Å². The zero-order valence-corrected chi connectivity index (χ0v) is 6.65. The van der Waals surface area contributed by atoms with E-state index in [0.29, 0.717) is 4.31 Å². The highest BCUT2D eigenvalue weighted by Gasteiger charge is 2.32. The number of nitrogens with one attached hydrogen (secondary N) is 1. The molecule has 5 nitrogen and oxygen atoms in total. The van der Waals surface area contributed by atoms with Crippen LogP contribution < -0.4 is 4.72 Å². The minimum absolute atomic E-state index is 0.103. The molecule has 0 atom stereocenters.